The van der Waals surface area contributed by atoms with Gasteiger partial charge in [0, 0.05) is 12.2 Å². The summed E-state index contributed by atoms with van der Waals surface area (Å²) in [6.07, 6.45) is 1.65. The van der Waals surface area contributed by atoms with Gasteiger partial charge in [0.05, 0.1) is 6.61 Å². The zero-order chi connectivity index (χ0) is 16.5. The number of carbonyl (C=O) groups excluding carboxylic acids is 1. The van der Waals surface area contributed by atoms with E-state index in [-0.39, 0.29) is 6.03 Å². The van der Waals surface area contributed by atoms with Gasteiger partial charge in [0.1, 0.15) is 5.75 Å². The van der Waals surface area contributed by atoms with Crippen LogP contribution in [0.2, 0.25) is 0 Å². The Bertz CT molecular complexity index is 624. The molecule has 23 heavy (non-hydrogen) atoms. The Hall–Kier alpha value is -2.49. The van der Waals surface area contributed by atoms with Crippen LogP contribution < -0.4 is 15.4 Å². The van der Waals surface area contributed by atoms with Crippen molar-refractivity contribution in [3.8, 4) is 5.75 Å². The molecule has 4 nitrogen and oxygen atoms in total. The van der Waals surface area contributed by atoms with Gasteiger partial charge in [-0.05, 0) is 43.5 Å². The molecule has 0 aliphatic heterocycles. The third-order valence-electron chi connectivity index (χ3n) is 3.54. The Morgan fingerprint density at radius 2 is 1.83 bits per heavy atom. The van der Waals surface area contributed by atoms with Crippen LogP contribution in [0.5, 0.6) is 5.75 Å². The number of rotatable bonds is 7. The topological polar surface area (TPSA) is 50.4 Å². The molecule has 2 N–H and O–H groups in total. The summed E-state index contributed by atoms with van der Waals surface area (Å²) in [5, 5.41) is 5.73. The minimum atomic E-state index is -0.179. The number of aryl methyl sites for hydroxylation is 2. The van der Waals surface area contributed by atoms with Gasteiger partial charge in [-0.3, -0.25) is 0 Å². The highest BCUT2D eigenvalue weighted by atomic mass is 16.5. The summed E-state index contributed by atoms with van der Waals surface area (Å²) < 4.78 is 5.63. The number of nitrogens with one attached hydrogen (secondary N) is 2. The molecule has 0 radical (unpaired) electrons. The predicted molar refractivity (Wildman–Crippen MR) is 94.1 cm³/mol. The van der Waals surface area contributed by atoms with Crippen molar-refractivity contribution in [3.05, 3.63) is 59.7 Å². The maximum Gasteiger partial charge on any atom is 0.319 e. The molecule has 122 valence electrons. The second kappa shape index (κ2) is 8.83. The highest BCUT2D eigenvalue weighted by molar-refractivity contribution is 5.90. The standard InChI is InChI=1S/C19H24N2O2/c1-3-16-7-4-5-8-18(16)21-19(22)20-13-6-14-23-17-11-9-15(2)10-12-17/h4-5,7-12H,3,6,13-14H2,1-2H3,(H2,20,21,22). The molecule has 0 aliphatic carbocycles. The maximum absolute atomic E-state index is 11.9. The van der Waals surface area contributed by atoms with Crippen LogP contribution in [0.15, 0.2) is 48.5 Å². The average Bonchev–Trinajstić information content (AvgIpc) is 2.57. The van der Waals surface area contributed by atoms with Crippen molar-refractivity contribution in [1.82, 2.24) is 5.32 Å². The molecule has 2 aromatic rings. The summed E-state index contributed by atoms with van der Waals surface area (Å²) in [4.78, 5) is 11.9. The van der Waals surface area contributed by atoms with E-state index in [1.54, 1.807) is 0 Å². The summed E-state index contributed by atoms with van der Waals surface area (Å²) in [6.45, 7) is 5.27. The number of urea groups is 1. The molecule has 0 saturated carbocycles. The molecule has 2 rings (SSSR count). The molecule has 2 aromatic carbocycles. The van der Waals surface area contributed by atoms with E-state index in [9.17, 15) is 4.79 Å². The number of hydrogen-bond donors (Lipinski definition) is 2. The van der Waals surface area contributed by atoms with Gasteiger partial charge < -0.3 is 15.4 Å². The van der Waals surface area contributed by atoms with Crippen molar-refractivity contribution in [2.45, 2.75) is 26.7 Å². The van der Waals surface area contributed by atoms with Crippen LogP contribution >= 0.6 is 0 Å². The summed E-state index contributed by atoms with van der Waals surface area (Å²) in [5.41, 5.74) is 3.21. The van der Waals surface area contributed by atoms with E-state index in [1.165, 1.54) is 5.56 Å². The van der Waals surface area contributed by atoms with Crippen molar-refractivity contribution in [1.29, 1.82) is 0 Å². The van der Waals surface area contributed by atoms with Gasteiger partial charge in [0.15, 0.2) is 0 Å². The van der Waals surface area contributed by atoms with Gasteiger partial charge in [0.25, 0.3) is 0 Å². The fourth-order valence-corrected chi connectivity index (χ4v) is 2.22. The normalized spacial score (nSPS) is 10.2. The first kappa shape index (κ1) is 16.9. The molecule has 0 aliphatic rings. The minimum absolute atomic E-state index is 0.179. The number of hydrogen-bond acceptors (Lipinski definition) is 2. The molecule has 2 amide bonds. The predicted octanol–water partition coefficient (Wildman–Crippen LogP) is 4.15. The molecule has 0 atom stereocenters. The van der Waals surface area contributed by atoms with Crippen molar-refractivity contribution in [2.75, 3.05) is 18.5 Å². The molecular formula is C19H24N2O2. The molecular weight excluding hydrogens is 288 g/mol. The summed E-state index contributed by atoms with van der Waals surface area (Å²) in [6, 6.07) is 15.6. The first-order valence-corrected chi connectivity index (χ1v) is 8.01. The molecule has 0 unspecified atom stereocenters. The van der Waals surface area contributed by atoms with Crippen LogP contribution in [-0.4, -0.2) is 19.2 Å². The lowest BCUT2D eigenvalue weighted by atomic mass is 10.1. The van der Waals surface area contributed by atoms with Crippen molar-refractivity contribution >= 4 is 11.7 Å². The third-order valence-corrected chi connectivity index (χ3v) is 3.54. The van der Waals surface area contributed by atoms with E-state index in [4.69, 9.17) is 4.74 Å². The van der Waals surface area contributed by atoms with Crippen molar-refractivity contribution in [3.63, 3.8) is 0 Å². The second-order valence-electron chi connectivity index (χ2n) is 5.41. The van der Waals surface area contributed by atoms with E-state index in [0.717, 1.165) is 29.8 Å². The van der Waals surface area contributed by atoms with Crippen molar-refractivity contribution < 1.29 is 9.53 Å². The van der Waals surface area contributed by atoms with Crippen LogP contribution in [0.3, 0.4) is 0 Å². The first-order valence-electron chi connectivity index (χ1n) is 8.01. The first-order chi connectivity index (χ1) is 11.2. The number of para-hydroxylation sites is 1. The van der Waals surface area contributed by atoms with Gasteiger partial charge in [-0.25, -0.2) is 4.79 Å². The zero-order valence-electron chi connectivity index (χ0n) is 13.8. The fraction of sp³-hybridized carbons (Fsp3) is 0.316. The van der Waals surface area contributed by atoms with Crippen LogP contribution in [0.25, 0.3) is 0 Å². The third kappa shape index (κ3) is 5.66. The Morgan fingerprint density at radius 3 is 2.57 bits per heavy atom. The van der Waals surface area contributed by atoms with Gasteiger partial charge >= 0.3 is 6.03 Å². The van der Waals surface area contributed by atoms with Gasteiger partial charge in [-0.2, -0.15) is 0 Å². The average molecular weight is 312 g/mol. The Morgan fingerprint density at radius 1 is 1.09 bits per heavy atom. The van der Waals surface area contributed by atoms with E-state index in [1.807, 2.05) is 55.5 Å². The maximum atomic E-state index is 11.9. The molecule has 0 bridgehead atoms. The Balaban J connectivity index is 1.66. The molecule has 0 heterocycles. The highest BCUT2D eigenvalue weighted by Gasteiger charge is 2.04. The van der Waals surface area contributed by atoms with E-state index < -0.39 is 0 Å². The van der Waals surface area contributed by atoms with Crippen LogP contribution in [0.1, 0.15) is 24.5 Å². The highest BCUT2D eigenvalue weighted by Crippen LogP contribution is 2.15. The number of anilines is 1. The van der Waals surface area contributed by atoms with E-state index >= 15 is 0 Å². The summed E-state index contributed by atoms with van der Waals surface area (Å²) >= 11 is 0. The molecule has 0 aromatic heterocycles. The molecule has 0 fully saturated rings. The van der Waals surface area contributed by atoms with E-state index in [2.05, 4.69) is 17.6 Å². The fourth-order valence-electron chi connectivity index (χ4n) is 2.22. The quantitative estimate of drug-likeness (QED) is 0.755. The van der Waals surface area contributed by atoms with Gasteiger partial charge in [-0.15, -0.1) is 0 Å². The summed E-state index contributed by atoms with van der Waals surface area (Å²) in [7, 11) is 0. The monoisotopic (exact) mass is 312 g/mol. The number of carbonyl (C=O) groups is 1. The Labute approximate surface area is 137 Å². The zero-order valence-corrected chi connectivity index (χ0v) is 13.8. The van der Waals surface area contributed by atoms with Crippen LogP contribution in [-0.2, 0) is 6.42 Å². The van der Waals surface area contributed by atoms with Crippen molar-refractivity contribution in [2.24, 2.45) is 0 Å². The molecule has 0 saturated heterocycles. The van der Waals surface area contributed by atoms with Crippen LogP contribution in [0, 0.1) is 6.92 Å². The largest absolute Gasteiger partial charge is 0.494 e. The second-order valence-corrected chi connectivity index (χ2v) is 5.41. The number of ether oxygens (including phenoxy) is 1. The summed E-state index contributed by atoms with van der Waals surface area (Å²) in [5.74, 6) is 0.858. The Kier molecular flexibility index (Phi) is 6.48. The minimum Gasteiger partial charge on any atom is -0.494 e. The number of amides is 2. The van der Waals surface area contributed by atoms with Gasteiger partial charge in [-0.1, -0.05) is 42.8 Å². The lowest BCUT2D eigenvalue weighted by Gasteiger charge is -2.11. The lowest BCUT2D eigenvalue weighted by molar-refractivity contribution is 0.250. The smallest absolute Gasteiger partial charge is 0.319 e. The lowest BCUT2D eigenvalue weighted by Crippen LogP contribution is -2.30. The SMILES string of the molecule is CCc1ccccc1NC(=O)NCCCOc1ccc(C)cc1. The van der Waals surface area contributed by atoms with Crippen LogP contribution in [0.4, 0.5) is 10.5 Å². The van der Waals surface area contributed by atoms with Gasteiger partial charge in [0.2, 0.25) is 0 Å². The molecule has 4 heteroatoms. The van der Waals surface area contributed by atoms with E-state index in [0.29, 0.717) is 13.2 Å². The molecule has 0 spiro atoms. The number of benzene rings is 2.